The molecule has 33 heavy (non-hydrogen) atoms. The van der Waals surface area contributed by atoms with Gasteiger partial charge in [-0.1, -0.05) is 31.2 Å². The zero-order chi connectivity index (χ0) is 23.5. The van der Waals surface area contributed by atoms with Gasteiger partial charge < -0.3 is 19.2 Å². The van der Waals surface area contributed by atoms with E-state index in [2.05, 4.69) is 0 Å². The molecule has 1 atom stereocenters. The fraction of sp³-hybridized carbons (Fsp3) is 0.231. The summed E-state index contributed by atoms with van der Waals surface area (Å²) < 4.78 is 25.2. The van der Waals surface area contributed by atoms with Crippen molar-refractivity contribution in [3.63, 3.8) is 0 Å². The monoisotopic (exact) mass is 449 g/mol. The summed E-state index contributed by atoms with van der Waals surface area (Å²) in [5.41, 5.74) is 1.04. The Balaban J connectivity index is 1.81. The van der Waals surface area contributed by atoms with Crippen LogP contribution in [0.1, 0.15) is 41.8 Å². The number of amides is 1. The average molecular weight is 449 g/mol. The lowest BCUT2D eigenvalue weighted by Gasteiger charge is -2.24. The minimum Gasteiger partial charge on any atom is -0.507 e. The first-order valence-corrected chi connectivity index (χ1v) is 10.7. The first-order chi connectivity index (χ1) is 15.9. The van der Waals surface area contributed by atoms with E-state index in [4.69, 9.17) is 9.15 Å². The molecule has 2 aromatic carbocycles. The summed E-state index contributed by atoms with van der Waals surface area (Å²) in [7, 11) is 0. The first-order valence-electron chi connectivity index (χ1n) is 10.7. The number of nitrogens with zero attached hydrogens (tertiary/aromatic N) is 1. The molecular weight excluding hydrogens is 425 g/mol. The minimum absolute atomic E-state index is 0.0371. The van der Waals surface area contributed by atoms with Crippen molar-refractivity contribution >= 4 is 17.4 Å². The number of ether oxygens (including phenoxy) is 1. The van der Waals surface area contributed by atoms with Crippen LogP contribution in [0.4, 0.5) is 4.39 Å². The molecule has 3 aromatic rings. The fourth-order valence-corrected chi connectivity index (χ4v) is 3.82. The fourth-order valence-electron chi connectivity index (χ4n) is 3.82. The van der Waals surface area contributed by atoms with Crippen LogP contribution in [-0.2, 0) is 16.1 Å². The van der Waals surface area contributed by atoms with Crippen LogP contribution in [0.3, 0.4) is 0 Å². The SMILES string of the molecule is CCCOc1ccc(C2/C(=C(/O)c3ccc(C)c(F)c3)C(=O)C(=O)N2Cc2ccco2)cc1. The molecule has 1 amide bonds. The molecule has 1 saturated heterocycles. The molecule has 7 heteroatoms. The van der Waals surface area contributed by atoms with Crippen LogP contribution in [-0.4, -0.2) is 28.3 Å². The Morgan fingerprint density at radius 1 is 1.15 bits per heavy atom. The van der Waals surface area contributed by atoms with E-state index < -0.39 is 29.3 Å². The Kier molecular flexibility index (Phi) is 6.31. The number of hydrogen-bond acceptors (Lipinski definition) is 5. The van der Waals surface area contributed by atoms with Crippen LogP contribution in [0, 0.1) is 12.7 Å². The smallest absolute Gasteiger partial charge is 0.296 e. The standard InChI is InChI=1S/C26H24FNO5/c1-3-12-32-19-10-8-17(9-11-19)23-22(24(29)18-7-6-16(2)21(27)14-18)25(30)26(31)28(23)15-20-5-4-13-33-20/h4-11,13-14,23,29H,3,12,15H2,1-2H3/b24-22-. The summed E-state index contributed by atoms with van der Waals surface area (Å²) in [4.78, 5) is 27.4. The summed E-state index contributed by atoms with van der Waals surface area (Å²) in [6.45, 7) is 4.21. The van der Waals surface area contributed by atoms with Crippen molar-refractivity contribution in [1.82, 2.24) is 4.90 Å². The highest BCUT2D eigenvalue weighted by molar-refractivity contribution is 6.46. The van der Waals surface area contributed by atoms with E-state index in [0.29, 0.717) is 29.2 Å². The van der Waals surface area contributed by atoms with E-state index in [-0.39, 0.29) is 17.7 Å². The van der Waals surface area contributed by atoms with Gasteiger partial charge >= 0.3 is 0 Å². The zero-order valence-electron chi connectivity index (χ0n) is 18.4. The molecule has 0 bridgehead atoms. The van der Waals surface area contributed by atoms with Gasteiger partial charge in [0.2, 0.25) is 0 Å². The van der Waals surface area contributed by atoms with Crippen LogP contribution >= 0.6 is 0 Å². The Labute approximate surface area is 190 Å². The highest BCUT2D eigenvalue weighted by Gasteiger charge is 2.46. The Morgan fingerprint density at radius 3 is 2.55 bits per heavy atom. The van der Waals surface area contributed by atoms with Gasteiger partial charge in [-0.2, -0.15) is 0 Å². The Hall–Kier alpha value is -3.87. The van der Waals surface area contributed by atoms with Crippen LogP contribution in [0.5, 0.6) is 5.75 Å². The summed E-state index contributed by atoms with van der Waals surface area (Å²) in [6, 6.07) is 13.7. The van der Waals surface area contributed by atoms with Gasteiger partial charge in [-0.15, -0.1) is 0 Å². The van der Waals surface area contributed by atoms with Crippen molar-refractivity contribution in [2.75, 3.05) is 6.61 Å². The van der Waals surface area contributed by atoms with Gasteiger partial charge in [0, 0.05) is 5.56 Å². The van der Waals surface area contributed by atoms with E-state index in [9.17, 15) is 19.1 Å². The first kappa shape index (κ1) is 22.3. The molecule has 4 rings (SSSR count). The number of aliphatic hydroxyl groups is 1. The molecule has 1 fully saturated rings. The van der Waals surface area contributed by atoms with Gasteiger partial charge in [0.05, 0.1) is 31.0 Å². The molecule has 1 aliphatic heterocycles. The maximum Gasteiger partial charge on any atom is 0.296 e. The molecule has 2 heterocycles. The highest BCUT2D eigenvalue weighted by Crippen LogP contribution is 2.40. The van der Waals surface area contributed by atoms with E-state index >= 15 is 0 Å². The third-order valence-corrected chi connectivity index (χ3v) is 5.56. The van der Waals surface area contributed by atoms with Crippen molar-refractivity contribution in [1.29, 1.82) is 0 Å². The number of aliphatic hydroxyl groups excluding tert-OH is 1. The molecule has 0 spiro atoms. The number of carbonyl (C=O) groups is 2. The number of hydrogen-bond donors (Lipinski definition) is 1. The van der Waals surface area contributed by atoms with Crippen molar-refractivity contribution in [3.05, 3.63) is 94.7 Å². The third-order valence-electron chi connectivity index (χ3n) is 5.56. The van der Waals surface area contributed by atoms with Gasteiger partial charge in [0.15, 0.2) is 0 Å². The second-order valence-electron chi connectivity index (χ2n) is 7.89. The summed E-state index contributed by atoms with van der Waals surface area (Å²) in [5, 5.41) is 11.0. The van der Waals surface area contributed by atoms with Crippen LogP contribution in [0.25, 0.3) is 5.76 Å². The topological polar surface area (TPSA) is 80.0 Å². The predicted octanol–water partition coefficient (Wildman–Crippen LogP) is 5.14. The Morgan fingerprint density at radius 2 is 1.91 bits per heavy atom. The van der Waals surface area contributed by atoms with E-state index in [1.54, 1.807) is 43.3 Å². The lowest BCUT2D eigenvalue weighted by molar-refractivity contribution is -0.140. The van der Waals surface area contributed by atoms with Gasteiger partial charge in [-0.05, 0) is 54.8 Å². The number of benzene rings is 2. The number of furan rings is 1. The lowest BCUT2D eigenvalue weighted by atomic mass is 9.95. The lowest BCUT2D eigenvalue weighted by Crippen LogP contribution is -2.29. The quantitative estimate of drug-likeness (QED) is 0.307. The third kappa shape index (κ3) is 4.39. The van der Waals surface area contributed by atoms with Crippen molar-refractivity contribution in [2.45, 2.75) is 32.9 Å². The van der Waals surface area contributed by atoms with Gasteiger partial charge in [-0.25, -0.2) is 4.39 Å². The number of halogens is 1. The number of rotatable bonds is 7. The maximum atomic E-state index is 14.2. The van der Waals surface area contributed by atoms with Crippen molar-refractivity contribution in [2.24, 2.45) is 0 Å². The second-order valence-corrected chi connectivity index (χ2v) is 7.89. The van der Waals surface area contributed by atoms with Crippen molar-refractivity contribution in [3.8, 4) is 5.75 Å². The number of ketones is 1. The zero-order valence-corrected chi connectivity index (χ0v) is 18.4. The molecule has 6 nitrogen and oxygen atoms in total. The number of aryl methyl sites for hydroxylation is 1. The summed E-state index contributed by atoms with van der Waals surface area (Å²) >= 11 is 0. The molecule has 1 unspecified atom stereocenters. The van der Waals surface area contributed by atoms with Crippen LogP contribution in [0.2, 0.25) is 0 Å². The largest absolute Gasteiger partial charge is 0.507 e. The summed E-state index contributed by atoms with van der Waals surface area (Å²) in [6.07, 6.45) is 2.34. The van der Waals surface area contributed by atoms with E-state index in [1.165, 1.54) is 23.3 Å². The molecular formula is C26H24FNO5. The van der Waals surface area contributed by atoms with Gasteiger partial charge in [0.25, 0.3) is 11.7 Å². The number of likely N-dealkylation sites (tertiary alicyclic amines) is 1. The molecule has 1 aliphatic rings. The van der Waals surface area contributed by atoms with E-state index in [0.717, 1.165) is 12.5 Å². The van der Waals surface area contributed by atoms with Crippen molar-refractivity contribution < 1.29 is 28.2 Å². The van der Waals surface area contributed by atoms with E-state index in [1.807, 2.05) is 6.92 Å². The molecule has 0 radical (unpaired) electrons. The number of carbonyl (C=O) groups excluding carboxylic acids is 2. The molecule has 1 N–H and O–H groups in total. The predicted molar refractivity (Wildman–Crippen MR) is 120 cm³/mol. The highest BCUT2D eigenvalue weighted by atomic mass is 19.1. The Bertz CT molecular complexity index is 1200. The maximum absolute atomic E-state index is 14.2. The normalized spacial score (nSPS) is 17.5. The molecule has 0 saturated carbocycles. The average Bonchev–Trinajstić information content (AvgIpc) is 3.42. The molecule has 1 aromatic heterocycles. The van der Waals surface area contributed by atoms with Gasteiger partial charge in [-0.3, -0.25) is 9.59 Å². The van der Waals surface area contributed by atoms with Crippen LogP contribution in [0.15, 0.2) is 70.9 Å². The van der Waals surface area contributed by atoms with Gasteiger partial charge in [0.1, 0.15) is 23.1 Å². The number of Topliss-reactive ketones (excluding diaryl/α,β-unsaturated/α-hetero) is 1. The summed E-state index contributed by atoms with van der Waals surface area (Å²) in [5.74, 6) is -1.40. The molecule has 0 aliphatic carbocycles. The second kappa shape index (κ2) is 9.32. The van der Waals surface area contributed by atoms with Crippen LogP contribution < -0.4 is 4.74 Å². The minimum atomic E-state index is -0.875. The molecule has 170 valence electrons.